The zero-order valence-electron chi connectivity index (χ0n) is 73.8. The molecule has 0 spiro atoms. The van der Waals surface area contributed by atoms with E-state index in [4.69, 9.17) is 33.4 Å². The standard InChI is InChI=1S/C92H129N13O19S/c1-10-12-13-22-43-104(90(116)85(64(5)11-2)102-88(115)76-30-21-23-42-103(76)9)77(63(3)4)55-78(124-65(6)106)89-101-74(61-125-89)87(114)99-72(56-92(7,8)91(117)118)53-67-31-35-71(36-32-67)93-40-46-123-62-98-82(110)58-97-86(113)73(54-66-24-15-14-16-25-66)100-83(111)59-96-81(109)57-95-80(108)39-44-119-47-49-121-51-52-122-50-48-120-45-41-94-79(107)37-38-84(112)105-60-70-28-18-17-26-68(70)33-34-69-27-19-20-29-75(69)105/h14-20,24-29,31-32,35-36,61,63-64,72-73,76-78,85,93H,10-13,21-23,30,37-60,62H2,1-9H3,(H,94,107)(H,95,108)(H,96,109)(H,97,113)(H,98,110)(H,99,114)(H,100,111)(H,102,115)(H,117,118)/t64-,72-,73-,76+,77+,78+,85-/m0/s1. The number of carbonyl (C=O) groups is 12. The van der Waals surface area contributed by atoms with Gasteiger partial charge in [0.1, 0.15) is 29.5 Å². The van der Waals surface area contributed by atoms with E-state index in [1.165, 1.54) is 6.92 Å². The van der Waals surface area contributed by atoms with Crippen molar-refractivity contribution in [3.8, 4) is 11.8 Å². The third kappa shape index (κ3) is 36.4. The average molecular weight is 1750 g/mol. The summed E-state index contributed by atoms with van der Waals surface area (Å²) in [6.45, 7) is 17.3. The number of para-hydroxylation sites is 1. The number of carbonyl (C=O) groups excluding carboxylic acids is 11. The second-order valence-electron chi connectivity index (χ2n) is 32.3. The van der Waals surface area contributed by atoms with Crippen LogP contribution in [0.25, 0.3) is 0 Å². The minimum atomic E-state index is -1.24. The number of aliphatic carboxylic acids is 1. The van der Waals surface area contributed by atoms with Crippen LogP contribution in [0.5, 0.6) is 0 Å². The molecule has 1 aromatic heterocycles. The highest BCUT2D eigenvalue weighted by Crippen LogP contribution is 2.34. The Hall–Kier alpha value is -10.7. The summed E-state index contributed by atoms with van der Waals surface area (Å²) < 4.78 is 33.7. The Bertz CT molecular complexity index is 4350. The van der Waals surface area contributed by atoms with Crippen LogP contribution in [0.1, 0.15) is 188 Å². The number of nitrogens with one attached hydrogen (secondary N) is 9. The normalized spacial score (nSPS) is 14.5. The van der Waals surface area contributed by atoms with Crippen LogP contribution in [0, 0.1) is 29.1 Å². The highest BCUT2D eigenvalue weighted by molar-refractivity contribution is 7.09. The van der Waals surface area contributed by atoms with E-state index in [1.807, 2.05) is 117 Å². The fraction of sp³-hybridized carbons (Fsp3) is 0.554. The Balaban J connectivity index is 0.750. The van der Waals surface area contributed by atoms with Crippen molar-refractivity contribution in [2.24, 2.45) is 17.3 Å². The van der Waals surface area contributed by atoms with Crippen molar-refractivity contribution in [1.82, 2.24) is 57.3 Å². The molecule has 2 aliphatic heterocycles. The van der Waals surface area contributed by atoms with Crippen LogP contribution in [0.2, 0.25) is 0 Å². The largest absolute Gasteiger partial charge is 0.481 e. The number of nitrogens with zero attached hydrogens (tertiary/aromatic N) is 4. The van der Waals surface area contributed by atoms with Gasteiger partial charge in [-0.15, -0.1) is 11.3 Å². The van der Waals surface area contributed by atoms with Gasteiger partial charge in [0.15, 0.2) is 6.10 Å². The molecule has 0 saturated carbocycles. The molecule has 1 saturated heterocycles. The summed E-state index contributed by atoms with van der Waals surface area (Å²) in [7, 11) is 1.94. The van der Waals surface area contributed by atoms with E-state index in [0.29, 0.717) is 75.2 Å². The zero-order chi connectivity index (χ0) is 90.5. The summed E-state index contributed by atoms with van der Waals surface area (Å²) in [6.07, 6.45) is 6.53. The van der Waals surface area contributed by atoms with E-state index in [1.54, 1.807) is 54.5 Å². The van der Waals surface area contributed by atoms with E-state index < -0.39 is 103 Å². The minimum absolute atomic E-state index is 0.0266. The Morgan fingerprint density at radius 1 is 0.632 bits per heavy atom. The predicted octanol–water partition coefficient (Wildman–Crippen LogP) is 7.31. The van der Waals surface area contributed by atoms with Gasteiger partial charge in [-0.3, -0.25) is 62.4 Å². The number of carboxylic acids is 1. The van der Waals surface area contributed by atoms with Gasteiger partial charge in [-0.2, -0.15) is 0 Å². The molecule has 10 amide bonds. The maximum atomic E-state index is 15.1. The molecule has 5 aromatic rings. The van der Waals surface area contributed by atoms with Crippen molar-refractivity contribution in [2.45, 2.75) is 195 Å². The van der Waals surface area contributed by atoms with Gasteiger partial charge >= 0.3 is 11.9 Å². The second-order valence-corrected chi connectivity index (χ2v) is 33.1. The summed E-state index contributed by atoms with van der Waals surface area (Å²) in [5.41, 5.74) is 4.29. The van der Waals surface area contributed by atoms with E-state index in [9.17, 15) is 57.8 Å². The van der Waals surface area contributed by atoms with Crippen molar-refractivity contribution < 1.29 is 91.1 Å². The lowest BCUT2D eigenvalue weighted by molar-refractivity contribution is -0.150. The second kappa shape index (κ2) is 54.9. The molecular weight excluding hydrogens is 1620 g/mol. The third-order valence-electron chi connectivity index (χ3n) is 21.6. The Kier molecular flexibility index (Phi) is 44.5. The summed E-state index contributed by atoms with van der Waals surface area (Å²) in [5, 5.41) is 37.1. The van der Waals surface area contributed by atoms with Crippen LogP contribution in [-0.4, -0.2) is 240 Å². The number of piperidine rings is 1. The van der Waals surface area contributed by atoms with Crippen LogP contribution in [0.3, 0.4) is 0 Å². The molecule has 1 fully saturated rings. The molecule has 682 valence electrons. The first-order valence-corrected chi connectivity index (χ1v) is 44.4. The summed E-state index contributed by atoms with van der Waals surface area (Å²) in [4.78, 5) is 170. The topological polar surface area (TPSA) is 411 Å². The van der Waals surface area contributed by atoms with Gasteiger partial charge in [-0.25, -0.2) is 4.98 Å². The Labute approximate surface area is 738 Å². The van der Waals surface area contributed by atoms with Crippen LogP contribution in [-0.2, 0) is 101 Å². The third-order valence-corrected chi connectivity index (χ3v) is 22.5. The lowest BCUT2D eigenvalue weighted by Gasteiger charge is -2.40. The van der Waals surface area contributed by atoms with Gasteiger partial charge in [0.2, 0.25) is 53.2 Å². The van der Waals surface area contributed by atoms with E-state index in [-0.39, 0.29) is 138 Å². The SMILES string of the molecule is CCCCCCN(C(=O)[C@@H](NC(=O)[C@H]1CCCCN1C)[C@@H](C)CC)[C@H](C[C@@H](OC(C)=O)c1nc(C(=O)N[C@@H](Cc2ccc(NCCOCNC(=O)CNC(=O)[C@H](Cc3ccccc3)NC(=O)CNC(=O)CNC(=O)CCOCCOCCOCCOCCNC(=O)CCC(=O)N3Cc4ccccc4C#Cc4ccccc43)cc2)CC(C)(C)C(=O)O)cs1)C(C)C. The van der Waals surface area contributed by atoms with E-state index in [0.717, 1.165) is 84.3 Å². The quantitative estimate of drug-likeness (QED) is 0.00789. The number of ether oxygens (including phenoxy) is 6. The molecule has 125 heavy (non-hydrogen) atoms. The van der Waals surface area contributed by atoms with Crippen LogP contribution in [0.4, 0.5) is 11.4 Å². The predicted molar refractivity (Wildman–Crippen MR) is 474 cm³/mol. The van der Waals surface area contributed by atoms with Gasteiger partial charge < -0.3 is 91.2 Å². The molecule has 0 aliphatic carbocycles. The lowest BCUT2D eigenvalue weighted by atomic mass is 9.84. The number of anilines is 2. The van der Waals surface area contributed by atoms with Gasteiger partial charge in [-0.05, 0) is 118 Å². The fourth-order valence-corrected chi connectivity index (χ4v) is 15.1. The molecular formula is C92H129N13O19S. The molecule has 0 bridgehead atoms. The molecule has 0 unspecified atom stereocenters. The van der Waals surface area contributed by atoms with Gasteiger partial charge in [-0.1, -0.05) is 151 Å². The van der Waals surface area contributed by atoms with Crippen molar-refractivity contribution in [3.63, 3.8) is 0 Å². The van der Waals surface area contributed by atoms with Crippen molar-refractivity contribution >= 4 is 93.7 Å². The van der Waals surface area contributed by atoms with Gasteiger partial charge in [0.05, 0.1) is 103 Å². The first kappa shape index (κ1) is 101. The monoisotopic (exact) mass is 1750 g/mol. The van der Waals surface area contributed by atoms with Crippen molar-refractivity contribution in [1.29, 1.82) is 0 Å². The zero-order valence-corrected chi connectivity index (χ0v) is 74.7. The molecule has 7 atom stereocenters. The van der Waals surface area contributed by atoms with Crippen LogP contribution >= 0.6 is 11.3 Å². The number of hydrogen-bond acceptors (Lipinski definition) is 22. The first-order chi connectivity index (χ1) is 60.1. The average Bonchev–Trinajstić information content (AvgIpc) is 1.44. The Morgan fingerprint density at radius 3 is 1.94 bits per heavy atom. The maximum Gasteiger partial charge on any atom is 0.309 e. The molecule has 33 heteroatoms. The number of benzene rings is 4. The molecule has 32 nitrogen and oxygen atoms in total. The lowest BCUT2D eigenvalue weighted by Crippen LogP contribution is -2.59. The number of likely N-dealkylation sites (tertiary alicyclic amines) is 1. The van der Waals surface area contributed by atoms with Gasteiger partial charge in [0.25, 0.3) is 5.91 Å². The van der Waals surface area contributed by atoms with Gasteiger partial charge in [0, 0.05) is 92.9 Å². The number of rotatable bonds is 57. The fourth-order valence-electron chi connectivity index (χ4n) is 14.2. The number of unbranched alkanes of at least 4 members (excludes halogenated alkanes) is 3. The number of aromatic nitrogens is 1. The summed E-state index contributed by atoms with van der Waals surface area (Å²) in [6, 6.07) is 28.0. The number of fused-ring (bicyclic) bond motifs is 2. The smallest absolute Gasteiger partial charge is 0.309 e. The number of carboxylic acid groups (broad SMARTS) is 1. The summed E-state index contributed by atoms with van der Waals surface area (Å²) >= 11 is 1.15. The van der Waals surface area contributed by atoms with Crippen LogP contribution < -0.4 is 52.8 Å². The number of esters is 1. The highest BCUT2D eigenvalue weighted by Gasteiger charge is 2.40. The number of likely N-dealkylation sites (N-methyl/N-ethyl adjacent to an activating group) is 1. The molecule has 3 heterocycles. The van der Waals surface area contributed by atoms with E-state index in [2.05, 4.69) is 66.6 Å². The maximum absolute atomic E-state index is 15.1. The van der Waals surface area contributed by atoms with Crippen LogP contribution in [0.15, 0.2) is 109 Å². The Morgan fingerprint density at radius 2 is 1.26 bits per heavy atom. The first-order valence-electron chi connectivity index (χ1n) is 43.5. The molecule has 10 N–H and O–H groups in total. The van der Waals surface area contributed by atoms with E-state index >= 15 is 4.79 Å². The van der Waals surface area contributed by atoms with Crippen molar-refractivity contribution in [3.05, 3.63) is 147 Å². The number of thiazole rings is 1. The number of hydrogen-bond donors (Lipinski definition) is 10. The van der Waals surface area contributed by atoms with Crippen molar-refractivity contribution in [2.75, 3.05) is 129 Å². The molecule has 7 rings (SSSR count). The highest BCUT2D eigenvalue weighted by atomic mass is 32.1. The molecule has 4 aromatic carbocycles. The summed E-state index contributed by atoms with van der Waals surface area (Å²) in [5.74, 6) is 0.0718. The molecule has 2 aliphatic rings. The number of amides is 10. The minimum Gasteiger partial charge on any atom is -0.481 e. The molecule has 0 radical (unpaired) electrons.